The molecule has 6 atom stereocenters. The zero-order chi connectivity index (χ0) is 38.9. The summed E-state index contributed by atoms with van der Waals surface area (Å²) in [6, 6.07) is 5.31. The summed E-state index contributed by atoms with van der Waals surface area (Å²) in [5.41, 5.74) is 1.04. The molecular weight excluding hydrogens is 731 g/mol. The molecule has 6 rings (SSSR count). The van der Waals surface area contributed by atoms with E-state index in [0.717, 1.165) is 30.8 Å². The van der Waals surface area contributed by atoms with Crippen LogP contribution in [0.5, 0.6) is 11.5 Å². The SMILES string of the molecule is C=C[C@@H]1C[C@]1(NC(=O)C1C[C@@H](Oc2cc(-c3csc(NC(C)C)n3)nc3cc(OC)ccc23)CN1C(=O)C(NC(=O)OC1CCCC1)C(C)(C)C)[P+](=O)O. The lowest BCUT2D eigenvalue weighted by Crippen LogP contribution is -2.58. The van der Waals surface area contributed by atoms with Crippen molar-refractivity contribution in [3.63, 3.8) is 0 Å². The second-order valence-corrected chi connectivity index (χ2v) is 17.9. The minimum atomic E-state index is -2.80. The van der Waals surface area contributed by atoms with E-state index >= 15 is 0 Å². The fourth-order valence-electron chi connectivity index (χ4n) is 7.18. The molecule has 3 unspecified atom stereocenters. The zero-order valence-electron chi connectivity index (χ0n) is 31.6. The minimum Gasteiger partial charge on any atom is -0.497 e. The molecule has 1 aromatic carbocycles. The molecule has 1 aliphatic heterocycles. The molecule has 3 amide bonds. The van der Waals surface area contributed by atoms with Crippen molar-refractivity contribution >= 4 is 53.3 Å². The maximum absolute atomic E-state index is 14.6. The monoisotopic (exact) mass is 781 g/mol. The maximum Gasteiger partial charge on any atom is 0.534 e. The molecule has 3 heterocycles. The van der Waals surface area contributed by atoms with Gasteiger partial charge in [-0.15, -0.1) is 17.9 Å². The van der Waals surface area contributed by atoms with Crippen LogP contribution in [0.2, 0.25) is 0 Å². The topological polar surface area (TPSA) is 181 Å². The molecule has 2 aliphatic carbocycles. The van der Waals surface area contributed by atoms with E-state index in [2.05, 4.69) is 22.5 Å². The number of nitrogens with zero attached hydrogens (tertiary/aromatic N) is 3. The number of pyridine rings is 1. The number of methoxy groups -OCH3 is 1. The Balaban J connectivity index is 1.32. The Morgan fingerprint density at radius 2 is 1.87 bits per heavy atom. The number of hydrogen-bond donors (Lipinski definition) is 4. The molecule has 1 saturated heterocycles. The van der Waals surface area contributed by atoms with E-state index in [1.54, 1.807) is 31.4 Å². The average molecular weight is 782 g/mol. The van der Waals surface area contributed by atoms with Crippen LogP contribution in [0.1, 0.15) is 73.1 Å². The number of likely N-dealkylation sites (tertiary alicyclic amines) is 1. The van der Waals surface area contributed by atoms with Crippen LogP contribution >= 0.6 is 19.4 Å². The van der Waals surface area contributed by atoms with Gasteiger partial charge in [0.1, 0.15) is 41.5 Å². The normalized spacial score (nSPS) is 23.5. The van der Waals surface area contributed by atoms with E-state index < -0.39 is 54.8 Å². The summed E-state index contributed by atoms with van der Waals surface area (Å²) >= 11 is 1.46. The highest BCUT2D eigenvalue weighted by molar-refractivity contribution is 7.40. The van der Waals surface area contributed by atoms with E-state index in [-0.39, 0.29) is 37.5 Å². The smallest absolute Gasteiger partial charge is 0.497 e. The fourth-order valence-corrected chi connectivity index (χ4v) is 8.98. The lowest BCUT2D eigenvalue weighted by Gasteiger charge is -2.35. The van der Waals surface area contributed by atoms with E-state index in [9.17, 15) is 23.8 Å². The van der Waals surface area contributed by atoms with E-state index in [1.165, 1.54) is 16.2 Å². The number of ether oxygens (including phenoxy) is 3. The van der Waals surface area contributed by atoms with Gasteiger partial charge in [0.15, 0.2) is 5.13 Å². The summed E-state index contributed by atoms with van der Waals surface area (Å²) in [5.74, 6) is -0.392. The lowest BCUT2D eigenvalue weighted by molar-refractivity contribution is -0.142. The molecule has 54 heavy (non-hydrogen) atoms. The van der Waals surface area contributed by atoms with Crippen molar-refractivity contribution < 1.29 is 38.1 Å². The Labute approximate surface area is 320 Å². The number of anilines is 1. The quantitative estimate of drug-likeness (QED) is 0.112. The second kappa shape index (κ2) is 15.8. The van der Waals surface area contributed by atoms with Gasteiger partial charge in [0.05, 0.1) is 30.8 Å². The second-order valence-electron chi connectivity index (χ2n) is 15.7. The molecule has 16 heteroatoms. The number of thiazole rings is 1. The van der Waals surface area contributed by atoms with Crippen LogP contribution in [0, 0.1) is 11.3 Å². The molecule has 3 fully saturated rings. The number of hydrogen-bond acceptors (Lipinski definition) is 11. The maximum atomic E-state index is 14.6. The van der Waals surface area contributed by atoms with Gasteiger partial charge in [-0.3, -0.25) is 9.59 Å². The van der Waals surface area contributed by atoms with Crippen LogP contribution in [0.15, 0.2) is 42.3 Å². The highest BCUT2D eigenvalue weighted by Crippen LogP contribution is 2.58. The fraction of sp³-hybridized carbons (Fsp3) is 0.553. The third kappa shape index (κ3) is 8.48. The summed E-state index contributed by atoms with van der Waals surface area (Å²) in [6.45, 7) is 13.3. The van der Waals surface area contributed by atoms with Gasteiger partial charge in [-0.2, -0.15) is 4.89 Å². The molecule has 0 bridgehead atoms. The first-order valence-electron chi connectivity index (χ1n) is 18.4. The summed E-state index contributed by atoms with van der Waals surface area (Å²) in [7, 11) is -1.22. The Morgan fingerprint density at radius 3 is 2.50 bits per heavy atom. The number of amides is 3. The Bertz CT molecular complexity index is 1930. The van der Waals surface area contributed by atoms with Crippen LogP contribution in [0.25, 0.3) is 22.3 Å². The van der Waals surface area contributed by atoms with Crippen molar-refractivity contribution in [3.05, 3.63) is 42.3 Å². The number of rotatable bonds is 13. The predicted molar refractivity (Wildman–Crippen MR) is 207 cm³/mol. The summed E-state index contributed by atoms with van der Waals surface area (Å²) in [5, 5.41) is 10.9. The van der Waals surface area contributed by atoms with Crippen LogP contribution in [0.4, 0.5) is 9.93 Å². The number of fused-ring (bicyclic) bond motifs is 1. The molecule has 3 aromatic rings. The van der Waals surface area contributed by atoms with Gasteiger partial charge in [-0.25, -0.2) is 14.8 Å². The molecule has 0 radical (unpaired) electrons. The van der Waals surface area contributed by atoms with Crippen LogP contribution < -0.4 is 25.4 Å². The van der Waals surface area contributed by atoms with E-state index in [0.29, 0.717) is 33.8 Å². The molecule has 14 nitrogen and oxygen atoms in total. The number of nitrogens with one attached hydrogen (secondary N) is 3. The number of carbonyl (C=O) groups is 3. The third-order valence-electron chi connectivity index (χ3n) is 10.2. The molecular formula is C38H50N6O8PS+. The van der Waals surface area contributed by atoms with Crippen molar-refractivity contribution in [2.45, 2.75) is 109 Å². The van der Waals surface area contributed by atoms with Gasteiger partial charge < -0.3 is 35.1 Å². The Morgan fingerprint density at radius 1 is 1.13 bits per heavy atom. The molecule has 0 spiro atoms. The number of carbonyl (C=O) groups excluding carboxylic acids is 3. The standard InChI is InChI=1S/C38H49N6O8PS/c1-8-22-18-38(22,53(48)49)43-33(45)30-16-25(19-44(30)34(46)32(37(4,5)6)42-36(47)52-23-11-9-10-12-23)51-31-17-28(29-20-54-35(41-29)39-21(2)3)40-27-15-24(50-7)13-14-26(27)31/h8,13-15,17,20-23,25,30,32H,1,9-12,16,18-19H2,2-7H3,(H3-,39,41,42,43,45,47,48,49)/p+1/t22-,25-,30?,32?,38+/m1/s1. The van der Waals surface area contributed by atoms with Gasteiger partial charge in [0.25, 0.3) is 5.28 Å². The summed E-state index contributed by atoms with van der Waals surface area (Å²) in [4.78, 5) is 63.1. The first kappa shape index (κ1) is 39.4. The van der Waals surface area contributed by atoms with Crippen LogP contribution in [-0.2, 0) is 18.9 Å². The van der Waals surface area contributed by atoms with Crippen molar-refractivity contribution in [1.82, 2.24) is 25.5 Å². The van der Waals surface area contributed by atoms with Crippen LogP contribution in [0.3, 0.4) is 0 Å². The van der Waals surface area contributed by atoms with Crippen molar-refractivity contribution in [2.24, 2.45) is 11.3 Å². The van der Waals surface area contributed by atoms with Gasteiger partial charge in [0, 0.05) is 41.8 Å². The van der Waals surface area contributed by atoms with Crippen LogP contribution in [-0.4, -0.2) is 86.9 Å². The average Bonchev–Trinajstić information content (AvgIpc) is 3.53. The first-order valence-corrected chi connectivity index (χ1v) is 20.5. The molecule has 2 saturated carbocycles. The highest BCUT2D eigenvalue weighted by Gasteiger charge is 2.70. The van der Waals surface area contributed by atoms with Gasteiger partial charge in [-0.1, -0.05) is 26.8 Å². The molecule has 4 N–H and O–H groups in total. The third-order valence-corrected chi connectivity index (χ3v) is 12.3. The molecule has 2 aromatic heterocycles. The zero-order valence-corrected chi connectivity index (χ0v) is 33.3. The highest BCUT2D eigenvalue weighted by atomic mass is 32.1. The van der Waals surface area contributed by atoms with Gasteiger partial charge >= 0.3 is 14.1 Å². The van der Waals surface area contributed by atoms with Crippen molar-refractivity contribution in [3.8, 4) is 22.9 Å². The van der Waals surface area contributed by atoms with Crippen molar-refractivity contribution in [1.29, 1.82) is 0 Å². The molecule has 3 aliphatic rings. The van der Waals surface area contributed by atoms with Gasteiger partial charge in [-0.05, 0) is 61.6 Å². The Kier molecular flexibility index (Phi) is 11.5. The number of alkyl carbamates (subject to hydrolysis) is 1. The first-order chi connectivity index (χ1) is 25.6. The lowest BCUT2D eigenvalue weighted by atomic mass is 9.85. The Hall–Kier alpha value is -4.33. The largest absolute Gasteiger partial charge is 0.534 e. The number of benzene rings is 1. The summed E-state index contributed by atoms with van der Waals surface area (Å²) in [6.07, 6.45) is 3.79. The van der Waals surface area contributed by atoms with Crippen molar-refractivity contribution in [2.75, 3.05) is 19.0 Å². The minimum absolute atomic E-state index is 0.000460. The van der Waals surface area contributed by atoms with E-state index in [4.69, 9.17) is 24.2 Å². The van der Waals surface area contributed by atoms with E-state index in [1.807, 2.05) is 46.1 Å². The molecule has 290 valence electrons. The number of aromatic nitrogens is 2. The predicted octanol–water partition coefficient (Wildman–Crippen LogP) is 6.37. The summed E-state index contributed by atoms with van der Waals surface area (Å²) < 4.78 is 30.3. The van der Waals surface area contributed by atoms with Gasteiger partial charge in [0.2, 0.25) is 11.8 Å².